The van der Waals surface area contributed by atoms with Gasteiger partial charge in [-0.25, -0.2) is 5.43 Å². The number of ether oxygens (including phenoxy) is 1. The van der Waals surface area contributed by atoms with E-state index in [1.165, 1.54) is 0 Å². The van der Waals surface area contributed by atoms with Crippen molar-refractivity contribution in [2.75, 3.05) is 7.11 Å². The Morgan fingerprint density at radius 3 is 2.52 bits per heavy atom. The number of aromatic nitrogens is 2. The fourth-order valence-corrected chi connectivity index (χ4v) is 2.73. The van der Waals surface area contributed by atoms with E-state index >= 15 is 0 Å². The summed E-state index contributed by atoms with van der Waals surface area (Å²) in [5.74, 6) is 6.73. The third kappa shape index (κ3) is 2.94. The summed E-state index contributed by atoms with van der Waals surface area (Å²) in [6, 6.07) is 6.17. The predicted molar refractivity (Wildman–Crippen MR) is 84.3 cm³/mol. The van der Waals surface area contributed by atoms with Crippen molar-refractivity contribution < 1.29 is 4.74 Å². The lowest BCUT2D eigenvalue weighted by molar-refractivity contribution is 0.411. The summed E-state index contributed by atoms with van der Waals surface area (Å²) in [5, 5.41) is 4.51. The molecule has 1 aromatic heterocycles. The van der Waals surface area contributed by atoms with Crippen molar-refractivity contribution in [2.45, 2.75) is 40.3 Å². The molecule has 1 atom stereocenters. The topological polar surface area (TPSA) is 65.1 Å². The van der Waals surface area contributed by atoms with Crippen molar-refractivity contribution in [3.63, 3.8) is 0 Å². The molecule has 0 aliphatic rings. The second-order valence-corrected chi connectivity index (χ2v) is 5.30. The number of hydrogen-bond acceptors (Lipinski definition) is 4. The lowest BCUT2D eigenvalue weighted by atomic mass is 9.96. The van der Waals surface area contributed by atoms with Crippen LogP contribution in [0.3, 0.4) is 0 Å². The van der Waals surface area contributed by atoms with E-state index in [0.29, 0.717) is 0 Å². The van der Waals surface area contributed by atoms with Crippen molar-refractivity contribution in [1.82, 2.24) is 15.2 Å². The molecule has 0 spiro atoms. The second kappa shape index (κ2) is 6.28. The van der Waals surface area contributed by atoms with Gasteiger partial charge in [-0.3, -0.25) is 10.5 Å². The summed E-state index contributed by atoms with van der Waals surface area (Å²) in [6.07, 6.45) is 0. The van der Waals surface area contributed by atoms with Crippen molar-refractivity contribution in [1.29, 1.82) is 0 Å². The van der Waals surface area contributed by atoms with Crippen LogP contribution in [-0.2, 0) is 6.54 Å². The molecule has 1 unspecified atom stereocenters. The summed E-state index contributed by atoms with van der Waals surface area (Å²) >= 11 is 0. The fraction of sp³-hybridized carbons (Fsp3) is 0.438. The first-order valence-electron chi connectivity index (χ1n) is 7.17. The largest absolute Gasteiger partial charge is 0.496 e. The molecule has 0 aliphatic heterocycles. The summed E-state index contributed by atoms with van der Waals surface area (Å²) in [6.45, 7) is 9.00. The normalized spacial score (nSPS) is 12.5. The minimum absolute atomic E-state index is 0.0873. The Hall–Kier alpha value is -1.85. The molecular weight excluding hydrogens is 264 g/mol. The maximum Gasteiger partial charge on any atom is 0.122 e. The first kappa shape index (κ1) is 15.5. The van der Waals surface area contributed by atoms with Crippen LogP contribution in [0.25, 0.3) is 0 Å². The van der Waals surface area contributed by atoms with Gasteiger partial charge in [0.1, 0.15) is 5.75 Å². The van der Waals surface area contributed by atoms with E-state index < -0.39 is 0 Å². The van der Waals surface area contributed by atoms with Crippen LogP contribution < -0.4 is 16.0 Å². The molecule has 5 heteroatoms. The number of benzene rings is 1. The van der Waals surface area contributed by atoms with Gasteiger partial charge < -0.3 is 4.74 Å². The summed E-state index contributed by atoms with van der Waals surface area (Å²) in [5.41, 5.74) is 8.38. The quantitative estimate of drug-likeness (QED) is 0.655. The SMILES string of the molecule is CCn1nc(C)cc1C(NN)c1cc(C)c(OC)cc1C. The molecule has 0 radical (unpaired) electrons. The number of nitrogens with zero attached hydrogens (tertiary/aromatic N) is 2. The minimum atomic E-state index is -0.0873. The molecule has 3 N–H and O–H groups in total. The molecule has 114 valence electrons. The number of hydrogen-bond donors (Lipinski definition) is 2. The first-order chi connectivity index (χ1) is 10.0. The molecule has 1 heterocycles. The van der Waals surface area contributed by atoms with Gasteiger partial charge in [-0.15, -0.1) is 0 Å². The van der Waals surface area contributed by atoms with Crippen molar-refractivity contribution in [2.24, 2.45) is 5.84 Å². The van der Waals surface area contributed by atoms with Crippen LogP contribution in [0.5, 0.6) is 5.75 Å². The number of hydrazine groups is 1. The van der Waals surface area contributed by atoms with E-state index in [4.69, 9.17) is 10.6 Å². The highest BCUT2D eigenvalue weighted by Gasteiger charge is 2.20. The zero-order valence-corrected chi connectivity index (χ0v) is 13.4. The van der Waals surface area contributed by atoms with Crippen molar-refractivity contribution in [3.8, 4) is 5.75 Å². The van der Waals surface area contributed by atoms with Gasteiger partial charge in [0.05, 0.1) is 24.5 Å². The van der Waals surface area contributed by atoms with Gasteiger partial charge in [0.2, 0.25) is 0 Å². The zero-order chi connectivity index (χ0) is 15.6. The number of aryl methyl sites for hydroxylation is 4. The third-order valence-corrected chi connectivity index (χ3v) is 3.79. The standard InChI is InChI=1S/C16H24N4O/c1-6-20-14(9-12(4)19-20)16(18-17)13-7-11(3)15(21-5)8-10(13)2/h7-9,16,18H,6,17H2,1-5H3. The Balaban J connectivity index is 2.53. The van der Waals surface area contributed by atoms with Gasteiger partial charge in [-0.2, -0.15) is 5.10 Å². The summed E-state index contributed by atoms with van der Waals surface area (Å²) < 4.78 is 7.36. The van der Waals surface area contributed by atoms with Crippen molar-refractivity contribution in [3.05, 3.63) is 46.3 Å². The highest BCUT2D eigenvalue weighted by molar-refractivity contribution is 5.45. The molecule has 0 saturated heterocycles. The summed E-state index contributed by atoms with van der Waals surface area (Å²) in [7, 11) is 1.69. The third-order valence-electron chi connectivity index (χ3n) is 3.79. The van der Waals surface area contributed by atoms with Crippen LogP contribution in [-0.4, -0.2) is 16.9 Å². The van der Waals surface area contributed by atoms with Crippen molar-refractivity contribution >= 4 is 0 Å². The van der Waals surface area contributed by atoms with Gasteiger partial charge in [0, 0.05) is 6.54 Å². The van der Waals surface area contributed by atoms with E-state index in [-0.39, 0.29) is 6.04 Å². The van der Waals surface area contributed by atoms with E-state index in [1.807, 2.05) is 18.5 Å². The van der Waals surface area contributed by atoms with Gasteiger partial charge >= 0.3 is 0 Å². The van der Waals surface area contributed by atoms with Gasteiger partial charge in [0.25, 0.3) is 0 Å². The number of methoxy groups -OCH3 is 1. The minimum Gasteiger partial charge on any atom is -0.496 e. The Bertz CT molecular complexity index is 633. The average Bonchev–Trinajstić information content (AvgIpc) is 2.84. The summed E-state index contributed by atoms with van der Waals surface area (Å²) in [4.78, 5) is 0. The maximum atomic E-state index is 5.84. The number of rotatable bonds is 5. The predicted octanol–water partition coefficient (Wildman–Crippen LogP) is 2.39. The average molecular weight is 288 g/mol. The van der Waals surface area contributed by atoms with E-state index in [1.54, 1.807) is 7.11 Å². The zero-order valence-electron chi connectivity index (χ0n) is 13.4. The van der Waals surface area contributed by atoms with Crippen LogP contribution in [0.1, 0.15) is 41.0 Å². The Kier molecular flexibility index (Phi) is 4.65. The molecule has 0 saturated carbocycles. The lowest BCUT2D eigenvalue weighted by Crippen LogP contribution is -2.31. The van der Waals surface area contributed by atoms with Crippen LogP contribution in [0.2, 0.25) is 0 Å². The van der Waals surface area contributed by atoms with Gasteiger partial charge in [-0.05, 0) is 56.5 Å². The monoisotopic (exact) mass is 288 g/mol. The molecule has 5 nitrogen and oxygen atoms in total. The van der Waals surface area contributed by atoms with Crippen LogP contribution >= 0.6 is 0 Å². The smallest absolute Gasteiger partial charge is 0.122 e. The van der Waals surface area contributed by atoms with E-state index in [0.717, 1.165) is 40.4 Å². The molecule has 2 rings (SSSR count). The van der Waals surface area contributed by atoms with Crippen LogP contribution in [0.15, 0.2) is 18.2 Å². The molecule has 21 heavy (non-hydrogen) atoms. The molecule has 0 aliphatic carbocycles. The van der Waals surface area contributed by atoms with E-state index in [2.05, 4.69) is 42.6 Å². The fourth-order valence-electron chi connectivity index (χ4n) is 2.73. The molecule has 0 amide bonds. The highest BCUT2D eigenvalue weighted by Crippen LogP contribution is 2.30. The molecule has 0 fully saturated rings. The van der Waals surface area contributed by atoms with Crippen LogP contribution in [0.4, 0.5) is 0 Å². The van der Waals surface area contributed by atoms with Crippen LogP contribution in [0, 0.1) is 20.8 Å². The maximum absolute atomic E-state index is 5.84. The first-order valence-corrected chi connectivity index (χ1v) is 7.17. The Labute approximate surface area is 126 Å². The molecule has 1 aromatic carbocycles. The molecule has 2 aromatic rings. The highest BCUT2D eigenvalue weighted by atomic mass is 16.5. The molecular formula is C16H24N4O. The number of nitrogens with two attached hydrogens (primary N) is 1. The second-order valence-electron chi connectivity index (χ2n) is 5.30. The van der Waals surface area contributed by atoms with Gasteiger partial charge in [-0.1, -0.05) is 6.07 Å². The Morgan fingerprint density at radius 1 is 1.24 bits per heavy atom. The Morgan fingerprint density at radius 2 is 1.95 bits per heavy atom. The number of nitrogens with one attached hydrogen (secondary N) is 1. The lowest BCUT2D eigenvalue weighted by Gasteiger charge is -2.21. The van der Waals surface area contributed by atoms with E-state index in [9.17, 15) is 0 Å². The molecule has 0 bridgehead atoms. The van der Waals surface area contributed by atoms with Gasteiger partial charge in [0.15, 0.2) is 0 Å².